The molecule has 1 aromatic carbocycles. The van der Waals surface area contributed by atoms with Gasteiger partial charge in [0.15, 0.2) is 0 Å². The molecule has 0 bridgehead atoms. The summed E-state index contributed by atoms with van der Waals surface area (Å²) in [6.45, 7) is 0.291. The topological polar surface area (TPSA) is 140 Å². The molecule has 200 valence electrons. The highest BCUT2D eigenvalue weighted by molar-refractivity contribution is 5.99. The zero-order chi connectivity index (χ0) is 27.3. The number of nitrogens with one attached hydrogen (secondary N) is 3. The molecular weight excluding hydrogens is 505 g/mol. The number of amides is 2. The van der Waals surface area contributed by atoms with Gasteiger partial charge in [-0.25, -0.2) is 0 Å². The van der Waals surface area contributed by atoms with Gasteiger partial charge in [0, 0.05) is 25.4 Å². The Morgan fingerprint density at radius 3 is 2.61 bits per heavy atom. The summed E-state index contributed by atoms with van der Waals surface area (Å²) in [5.41, 5.74) is 4.65. The number of halogens is 3. The number of nitrogens with two attached hydrogens (primary N) is 1. The van der Waals surface area contributed by atoms with Crippen molar-refractivity contribution in [3.63, 3.8) is 0 Å². The highest BCUT2D eigenvalue weighted by Gasteiger charge is 2.43. The molecule has 1 fully saturated rings. The molecule has 2 amide bonds. The van der Waals surface area contributed by atoms with Gasteiger partial charge >= 0.3 is 6.18 Å². The summed E-state index contributed by atoms with van der Waals surface area (Å²) in [7, 11) is 1.29. The van der Waals surface area contributed by atoms with E-state index in [-0.39, 0.29) is 43.2 Å². The van der Waals surface area contributed by atoms with Gasteiger partial charge in [0.2, 0.25) is 5.91 Å². The van der Waals surface area contributed by atoms with E-state index in [1.807, 2.05) is 0 Å². The van der Waals surface area contributed by atoms with Crippen LogP contribution in [0.2, 0.25) is 0 Å². The van der Waals surface area contributed by atoms with Gasteiger partial charge in [-0.05, 0) is 36.4 Å². The van der Waals surface area contributed by atoms with Crippen LogP contribution in [-0.4, -0.2) is 47.6 Å². The van der Waals surface area contributed by atoms with Crippen molar-refractivity contribution in [2.45, 2.75) is 24.7 Å². The van der Waals surface area contributed by atoms with Crippen molar-refractivity contribution in [1.29, 1.82) is 0 Å². The average Bonchev–Trinajstić information content (AvgIpc) is 3.37. The van der Waals surface area contributed by atoms with E-state index in [0.29, 0.717) is 17.1 Å². The lowest BCUT2D eigenvalue weighted by molar-refractivity contribution is -0.137. The third-order valence-electron chi connectivity index (χ3n) is 5.90. The van der Waals surface area contributed by atoms with E-state index >= 15 is 0 Å². The van der Waals surface area contributed by atoms with Crippen molar-refractivity contribution >= 4 is 28.9 Å². The van der Waals surface area contributed by atoms with Gasteiger partial charge in [0.05, 0.1) is 60.3 Å². The number of hydrogen-bond donors (Lipinski definition) is 4. The van der Waals surface area contributed by atoms with Crippen LogP contribution in [0.5, 0.6) is 5.75 Å². The molecule has 2 aromatic heterocycles. The number of anilines is 3. The number of carbonyl (C=O) groups excluding carboxylic acids is 2. The third kappa shape index (κ3) is 6.11. The Hall–Kier alpha value is -4.39. The smallest absolute Gasteiger partial charge is 0.418 e. The van der Waals surface area contributed by atoms with Crippen LogP contribution in [0, 0.1) is 0 Å². The van der Waals surface area contributed by atoms with Crippen LogP contribution in [0.15, 0.2) is 55.0 Å². The average molecular weight is 531 g/mol. The van der Waals surface area contributed by atoms with Crippen molar-refractivity contribution in [3.05, 3.63) is 71.8 Å². The lowest BCUT2D eigenvalue weighted by Gasteiger charge is -2.27. The second-order valence-corrected chi connectivity index (χ2v) is 8.60. The lowest BCUT2D eigenvalue weighted by Crippen LogP contribution is -2.59. The maximum absolute atomic E-state index is 13.5. The molecule has 0 saturated carbocycles. The molecule has 1 unspecified atom stereocenters. The number of nitrogen functional groups attached to an aromatic ring is 1. The van der Waals surface area contributed by atoms with E-state index in [2.05, 4.69) is 25.9 Å². The molecule has 0 spiro atoms. The first-order chi connectivity index (χ1) is 18.1. The molecule has 4 rings (SSSR count). The number of ether oxygens (including phenoxy) is 2. The third-order valence-corrected chi connectivity index (χ3v) is 5.90. The molecule has 1 saturated heterocycles. The summed E-state index contributed by atoms with van der Waals surface area (Å²) >= 11 is 0. The monoisotopic (exact) mass is 530 g/mol. The number of rotatable bonds is 8. The first kappa shape index (κ1) is 26.7. The molecule has 38 heavy (non-hydrogen) atoms. The van der Waals surface area contributed by atoms with Crippen LogP contribution in [0.4, 0.5) is 30.2 Å². The molecular formula is C25H25F3N6O4. The predicted molar refractivity (Wildman–Crippen MR) is 132 cm³/mol. The van der Waals surface area contributed by atoms with Crippen LogP contribution >= 0.6 is 0 Å². The maximum Gasteiger partial charge on any atom is 0.418 e. The summed E-state index contributed by atoms with van der Waals surface area (Å²) in [4.78, 5) is 33.9. The maximum atomic E-state index is 13.5. The van der Waals surface area contributed by atoms with Crippen molar-refractivity contribution in [3.8, 4) is 5.75 Å². The number of carbonyl (C=O) groups is 2. The quantitative estimate of drug-likeness (QED) is 0.348. The molecule has 3 aromatic rings. The van der Waals surface area contributed by atoms with Gasteiger partial charge in [0.25, 0.3) is 5.91 Å². The highest BCUT2D eigenvalue weighted by atomic mass is 19.4. The van der Waals surface area contributed by atoms with Crippen molar-refractivity contribution in [2.24, 2.45) is 0 Å². The van der Waals surface area contributed by atoms with Gasteiger partial charge in [-0.2, -0.15) is 13.2 Å². The molecule has 1 aliphatic heterocycles. The summed E-state index contributed by atoms with van der Waals surface area (Å²) in [5.74, 6) is -0.897. The fourth-order valence-electron chi connectivity index (χ4n) is 3.86. The summed E-state index contributed by atoms with van der Waals surface area (Å²) < 4.78 is 50.7. The Balaban J connectivity index is 1.40. The predicted octanol–water partition coefficient (Wildman–Crippen LogP) is 3.04. The molecule has 10 nitrogen and oxygen atoms in total. The van der Waals surface area contributed by atoms with Crippen LogP contribution in [0.25, 0.3) is 0 Å². The summed E-state index contributed by atoms with van der Waals surface area (Å²) in [6, 6.07) is 8.15. The number of nitrogens with zero attached hydrogens (tertiary/aromatic N) is 2. The van der Waals surface area contributed by atoms with Crippen LogP contribution in [0.3, 0.4) is 0 Å². The minimum absolute atomic E-state index is 0.0139. The zero-order valence-electron chi connectivity index (χ0n) is 20.3. The number of methoxy groups -OCH3 is 1. The number of hydrogen-bond acceptors (Lipinski definition) is 8. The van der Waals surface area contributed by atoms with Crippen LogP contribution in [0.1, 0.15) is 28.0 Å². The SMILES string of the molecule is COc1ccc(Nc2ccc(CNC(=O)C3(NC(=O)c4cncc(N)c4)CCOC3)nc2)c(C(F)(F)F)c1. The van der Waals surface area contributed by atoms with E-state index in [9.17, 15) is 22.8 Å². The fraction of sp³-hybridized carbons (Fsp3) is 0.280. The van der Waals surface area contributed by atoms with E-state index in [0.717, 1.165) is 6.07 Å². The number of alkyl halides is 3. The Kier molecular flexibility index (Phi) is 7.67. The zero-order valence-corrected chi connectivity index (χ0v) is 20.3. The number of aromatic nitrogens is 2. The molecule has 3 heterocycles. The van der Waals surface area contributed by atoms with Gasteiger partial charge in [-0.1, -0.05) is 0 Å². The van der Waals surface area contributed by atoms with Crippen LogP contribution in [-0.2, 0) is 22.3 Å². The van der Waals surface area contributed by atoms with E-state index in [1.54, 1.807) is 12.1 Å². The number of pyridine rings is 2. The van der Waals surface area contributed by atoms with Crippen LogP contribution < -0.4 is 26.4 Å². The standard InChI is InChI=1S/C25H25F3N6O4/c1-37-19-4-5-21(20(9-19)25(26,27)28)33-18-3-2-17(31-13-18)12-32-23(36)24(6-7-38-14-24)34-22(35)15-8-16(29)11-30-10-15/h2-5,8-11,13,33H,6-7,12,14,29H2,1H3,(H,32,36)(H,34,35). The van der Waals surface area contributed by atoms with Gasteiger partial charge in [-0.15, -0.1) is 0 Å². The fourth-order valence-corrected chi connectivity index (χ4v) is 3.86. The van der Waals surface area contributed by atoms with Gasteiger partial charge < -0.3 is 31.2 Å². The number of benzene rings is 1. The molecule has 0 aliphatic carbocycles. The van der Waals surface area contributed by atoms with Crippen molar-refractivity contribution in [2.75, 3.05) is 31.4 Å². The van der Waals surface area contributed by atoms with Gasteiger partial charge in [-0.3, -0.25) is 19.6 Å². The molecule has 1 aliphatic rings. The Morgan fingerprint density at radius 2 is 1.97 bits per heavy atom. The molecule has 1 atom stereocenters. The minimum atomic E-state index is -4.59. The van der Waals surface area contributed by atoms with E-state index in [4.69, 9.17) is 15.2 Å². The summed E-state index contributed by atoms with van der Waals surface area (Å²) in [6.07, 6.45) is -0.226. The molecule has 13 heteroatoms. The largest absolute Gasteiger partial charge is 0.497 e. The second kappa shape index (κ2) is 10.9. The second-order valence-electron chi connectivity index (χ2n) is 8.60. The molecule has 0 radical (unpaired) electrons. The highest BCUT2D eigenvalue weighted by Crippen LogP contribution is 2.38. The first-order valence-electron chi connectivity index (χ1n) is 11.5. The van der Waals surface area contributed by atoms with E-state index in [1.165, 1.54) is 43.9 Å². The normalized spacial score (nSPS) is 17.1. The lowest BCUT2D eigenvalue weighted by atomic mass is 9.96. The minimum Gasteiger partial charge on any atom is -0.497 e. The Labute approximate surface area is 215 Å². The van der Waals surface area contributed by atoms with Crippen molar-refractivity contribution in [1.82, 2.24) is 20.6 Å². The van der Waals surface area contributed by atoms with E-state index < -0.39 is 29.1 Å². The Bertz CT molecular complexity index is 1310. The first-order valence-corrected chi connectivity index (χ1v) is 11.5. The van der Waals surface area contributed by atoms with Gasteiger partial charge in [0.1, 0.15) is 11.3 Å². The summed E-state index contributed by atoms with van der Waals surface area (Å²) in [5, 5.41) is 8.18. The van der Waals surface area contributed by atoms with Crippen molar-refractivity contribution < 1.29 is 32.2 Å². The molecule has 5 N–H and O–H groups in total. The Morgan fingerprint density at radius 1 is 1.16 bits per heavy atom.